The van der Waals surface area contributed by atoms with Gasteiger partial charge >= 0.3 is 5.97 Å². The van der Waals surface area contributed by atoms with Gasteiger partial charge < -0.3 is 5.11 Å². The van der Waals surface area contributed by atoms with Gasteiger partial charge in [0.2, 0.25) is 5.82 Å². The van der Waals surface area contributed by atoms with Crippen molar-refractivity contribution in [2.45, 2.75) is 26.8 Å². The molecule has 2 heterocycles. The Balaban J connectivity index is 2.18. The standard InChI is InChI=1S/C10H14N6O2S/c1-6(2)3-7(10(17)18)4-16-9(12-13-14-16)8-5-19-15-11-8/h5-7H,3-4H2,1-2H3,(H,17,18). The first-order chi connectivity index (χ1) is 9.08. The average molecular weight is 282 g/mol. The van der Waals surface area contributed by atoms with E-state index in [-0.39, 0.29) is 6.54 Å². The molecule has 0 aromatic carbocycles. The molecule has 0 aliphatic rings. The molecule has 0 aliphatic carbocycles. The smallest absolute Gasteiger partial charge is 0.308 e. The second kappa shape index (κ2) is 5.83. The largest absolute Gasteiger partial charge is 0.481 e. The van der Waals surface area contributed by atoms with E-state index in [9.17, 15) is 9.90 Å². The van der Waals surface area contributed by atoms with Gasteiger partial charge in [-0.05, 0) is 34.3 Å². The lowest BCUT2D eigenvalue weighted by Crippen LogP contribution is -2.23. The summed E-state index contributed by atoms with van der Waals surface area (Å²) in [5.41, 5.74) is 0.559. The normalized spacial score (nSPS) is 12.8. The number of rotatable bonds is 6. The lowest BCUT2D eigenvalue weighted by molar-refractivity contribution is -0.142. The molecule has 0 saturated carbocycles. The Morgan fingerprint density at radius 1 is 1.47 bits per heavy atom. The van der Waals surface area contributed by atoms with Crippen LogP contribution in [0.3, 0.4) is 0 Å². The van der Waals surface area contributed by atoms with Crippen LogP contribution in [0.2, 0.25) is 0 Å². The molecule has 102 valence electrons. The van der Waals surface area contributed by atoms with Crippen molar-refractivity contribution in [2.75, 3.05) is 0 Å². The van der Waals surface area contributed by atoms with Crippen LogP contribution in [0.4, 0.5) is 0 Å². The van der Waals surface area contributed by atoms with E-state index in [1.165, 1.54) is 16.2 Å². The molecule has 0 aliphatic heterocycles. The number of hydrogen-bond acceptors (Lipinski definition) is 7. The van der Waals surface area contributed by atoms with E-state index in [4.69, 9.17) is 0 Å². The van der Waals surface area contributed by atoms with Crippen LogP contribution < -0.4 is 0 Å². The first kappa shape index (κ1) is 13.5. The Labute approximate surface area is 113 Å². The Morgan fingerprint density at radius 2 is 2.26 bits per heavy atom. The highest BCUT2D eigenvalue weighted by atomic mass is 32.1. The summed E-state index contributed by atoms with van der Waals surface area (Å²) in [6, 6.07) is 0. The maximum Gasteiger partial charge on any atom is 0.308 e. The number of carboxylic acid groups (broad SMARTS) is 1. The van der Waals surface area contributed by atoms with Crippen molar-refractivity contribution in [2.24, 2.45) is 11.8 Å². The van der Waals surface area contributed by atoms with E-state index in [1.807, 2.05) is 13.8 Å². The van der Waals surface area contributed by atoms with E-state index in [0.29, 0.717) is 23.9 Å². The highest BCUT2D eigenvalue weighted by Gasteiger charge is 2.22. The summed E-state index contributed by atoms with van der Waals surface area (Å²) in [5, 5.41) is 26.1. The quantitative estimate of drug-likeness (QED) is 0.840. The number of nitrogens with zero attached hydrogens (tertiary/aromatic N) is 6. The summed E-state index contributed by atoms with van der Waals surface area (Å²) < 4.78 is 5.22. The fourth-order valence-corrected chi connectivity index (χ4v) is 2.24. The Bertz CT molecular complexity index is 538. The topological polar surface area (TPSA) is 107 Å². The molecule has 0 bridgehead atoms. The highest BCUT2D eigenvalue weighted by molar-refractivity contribution is 7.03. The van der Waals surface area contributed by atoms with Gasteiger partial charge in [0.1, 0.15) is 5.69 Å². The Morgan fingerprint density at radius 3 is 2.84 bits per heavy atom. The van der Waals surface area contributed by atoms with E-state index < -0.39 is 11.9 Å². The lowest BCUT2D eigenvalue weighted by Gasteiger charge is -2.14. The molecule has 0 radical (unpaired) electrons. The fraction of sp³-hybridized carbons (Fsp3) is 0.600. The maximum atomic E-state index is 11.3. The first-order valence-corrected chi connectivity index (χ1v) is 6.68. The summed E-state index contributed by atoms with van der Waals surface area (Å²) in [7, 11) is 0. The minimum atomic E-state index is -0.841. The Hall–Kier alpha value is -1.90. The average Bonchev–Trinajstić information content (AvgIpc) is 2.96. The van der Waals surface area contributed by atoms with Crippen LogP contribution >= 0.6 is 11.5 Å². The SMILES string of the molecule is CC(C)CC(Cn1nnnc1-c1csnn1)C(=O)O. The zero-order valence-electron chi connectivity index (χ0n) is 10.6. The third kappa shape index (κ3) is 3.31. The number of carbonyl (C=O) groups is 1. The van der Waals surface area contributed by atoms with Crippen molar-refractivity contribution in [1.82, 2.24) is 29.8 Å². The van der Waals surface area contributed by atoms with Gasteiger partial charge in [-0.2, -0.15) is 0 Å². The van der Waals surface area contributed by atoms with Gasteiger partial charge in [0.25, 0.3) is 0 Å². The van der Waals surface area contributed by atoms with Gasteiger partial charge in [0, 0.05) is 5.38 Å². The second-order valence-corrected chi connectivity index (χ2v) is 5.25. The number of tetrazole rings is 1. The van der Waals surface area contributed by atoms with E-state index in [0.717, 1.165) is 0 Å². The Kier molecular flexibility index (Phi) is 4.15. The number of hydrogen-bond donors (Lipinski definition) is 1. The van der Waals surface area contributed by atoms with Crippen molar-refractivity contribution < 1.29 is 9.90 Å². The van der Waals surface area contributed by atoms with E-state index in [2.05, 4.69) is 25.1 Å². The summed E-state index contributed by atoms with van der Waals surface area (Å²) in [5.74, 6) is -0.619. The highest BCUT2D eigenvalue weighted by Crippen LogP contribution is 2.18. The molecule has 0 saturated heterocycles. The number of carboxylic acids is 1. The maximum absolute atomic E-state index is 11.3. The van der Waals surface area contributed by atoms with Crippen LogP contribution in [0.15, 0.2) is 5.38 Å². The first-order valence-electron chi connectivity index (χ1n) is 5.84. The van der Waals surface area contributed by atoms with Gasteiger partial charge in [-0.3, -0.25) is 4.79 Å². The molecule has 0 amide bonds. The minimum absolute atomic E-state index is 0.230. The monoisotopic (exact) mass is 282 g/mol. The van der Waals surface area contributed by atoms with Gasteiger partial charge in [0.15, 0.2) is 0 Å². The molecular formula is C10H14N6O2S. The zero-order chi connectivity index (χ0) is 13.8. The van der Waals surface area contributed by atoms with Crippen LogP contribution in [-0.2, 0) is 11.3 Å². The summed E-state index contributed by atoms with van der Waals surface area (Å²) in [4.78, 5) is 11.3. The predicted octanol–water partition coefficient (Wildman–Crippen LogP) is 0.938. The van der Waals surface area contributed by atoms with Crippen LogP contribution in [0.25, 0.3) is 11.5 Å². The molecule has 19 heavy (non-hydrogen) atoms. The van der Waals surface area contributed by atoms with Crippen molar-refractivity contribution in [3.05, 3.63) is 5.38 Å². The van der Waals surface area contributed by atoms with Gasteiger partial charge in [-0.1, -0.05) is 18.3 Å². The summed E-state index contributed by atoms with van der Waals surface area (Å²) >= 11 is 1.20. The summed E-state index contributed by atoms with van der Waals surface area (Å²) in [6.07, 6.45) is 0.573. The molecule has 9 heteroatoms. The molecule has 2 rings (SSSR count). The van der Waals surface area contributed by atoms with E-state index >= 15 is 0 Å². The third-order valence-electron chi connectivity index (χ3n) is 2.62. The van der Waals surface area contributed by atoms with Crippen molar-refractivity contribution in [3.8, 4) is 11.5 Å². The number of aliphatic carboxylic acids is 1. The molecule has 2 aromatic rings. The molecular weight excluding hydrogens is 268 g/mol. The molecule has 1 atom stereocenters. The zero-order valence-corrected chi connectivity index (χ0v) is 11.4. The van der Waals surface area contributed by atoms with Crippen LogP contribution in [0.5, 0.6) is 0 Å². The molecule has 2 aromatic heterocycles. The van der Waals surface area contributed by atoms with Crippen molar-refractivity contribution in [3.63, 3.8) is 0 Å². The number of aromatic nitrogens is 6. The fourth-order valence-electron chi connectivity index (χ4n) is 1.80. The molecule has 8 nitrogen and oxygen atoms in total. The van der Waals surface area contributed by atoms with Gasteiger partial charge in [-0.25, -0.2) is 4.68 Å². The van der Waals surface area contributed by atoms with Crippen LogP contribution in [0, 0.1) is 11.8 Å². The minimum Gasteiger partial charge on any atom is -0.481 e. The molecule has 0 fully saturated rings. The van der Waals surface area contributed by atoms with Crippen molar-refractivity contribution in [1.29, 1.82) is 0 Å². The lowest BCUT2D eigenvalue weighted by atomic mass is 9.97. The molecule has 1 N–H and O–H groups in total. The van der Waals surface area contributed by atoms with Gasteiger partial charge in [0.05, 0.1) is 12.5 Å². The van der Waals surface area contributed by atoms with Crippen molar-refractivity contribution >= 4 is 17.5 Å². The van der Waals surface area contributed by atoms with Gasteiger partial charge in [-0.15, -0.1) is 10.2 Å². The third-order valence-corrected chi connectivity index (χ3v) is 3.12. The molecule has 0 spiro atoms. The molecule has 1 unspecified atom stereocenters. The van der Waals surface area contributed by atoms with Crippen LogP contribution in [-0.4, -0.2) is 40.9 Å². The second-order valence-electron chi connectivity index (χ2n) is 4.64. The predicted molar refractivity (Wildman–Crippen MR) is 67.3 cm³/mol. The van der Waals surface area contributed by atoms with E-state index in [1.54, 1.807) is 5.38 Å². The van der Waals surface area contributed by atoms with Crippen LogP contribution in [0.1, 0.15) is 20.3 Å². The summed E-state index contributed by atoms with van der Waals surface area (Å²) in [6.45, 7) is 4.20.